The van der Waals surface area contributed by atoms with E-state index in [9.17, 15) is 4.79 Å². The first kappa shape index (κ1) is 17.8. The van der Waals surface area contributed by atoms with E-state index in [-0.39, 0.29) is 11.3 Å². The highest BCUT2D eigenvalue weighted by molar-refractivity contribution is 7.13. The number of aromatic nitrogens is 3. The predicted molar refractivity (Wildman–Crippen MR) is 101 cm³/mol. The lowest BCUT2D eigenvalue weighted by atomic mass is 9.71. The Bertz CT molecular complexity index is 678. The van der Waals surface area contributed by atoms with Crippen molar-refractivity contribution < 1.29 is 4.79 Å². The van der Waals surface area contributed by atoms with Crippen molar-refractivity contribution in [3.05, 3.63) is 29.4 Å². The maximum Gasteiger partial charge on any atom is 0.259 e. The average Bonchev–Trinajstić information content (AvgIpc) is 3.14. The molecule has 1 saturated carbocycles. The van der Waals surface area contributed by atoms with Crippen LogP contribution in [-0.2, 0) is 0 Å². The molecule has 0 saturated heterocycles. The summed E-state index contributed by atoms with van der Waals surface area (Å²) in [7, 11) is 0. The lowest BCUT2D eigenvalue weighted by Crippen LogP contribution is -2.33. The normalized spacial score (nSPS) is 15.8. The second kappa shape index (κ2) is 7.91. The zero-order chi connectivity index (χ0) is 17.7. The van der Waals surface area contributed by atoms with Gasteiger partial charge >= 0.3 is 0 Å². The molecule has 2 aromatic rings. The summed E-state index contributed by atoms with van der Waals surface area (Å²) in [6.07, 6.45) is 8.32. The Hall–Kier alpha value is -2.02. The van der Waals surface area contributed by atoms with Crippen molar-refractivity contribution in [1.82, 2.24) is 15.2 Å². The second-order valence-corrected chi connectivity index (χ2v) is 8.14. The van der Waals surface area contributed by atoms with E-state index >= 15 is 0 Å². The van der Waals surface area contributed by atoms with Crippen molar-refractivity contribution >= 4 is 28.2 Å². The lowest BCUT2D eigenvalue weighted by Gasteiger charge is -2.37. The third kappa shape index (κ3) is 4.75. The van der Waals surface area contributed by atoms with Gasteiger partial charge in [-0.2, -0.15) is 0 Å². The number of rotatable bonds is 6. The number of hydrogen-bond acceptors (Lipinski definition) is 6. The van der Waals surface area contributed by atoms with Crippen LogP contribution >= 0.6 is 11.3 Å². The fourth-order valence-corrected chi connectivity index (χ4v) is 3.82. The van der Waals surface area contributed by atoms with Crippen LogP contribution < -0.4 is 10.6 Å². The van der Waals surface area contributed by atoms with Gasteiger partial charge in [0, 0.05) is 12.7 Å². The van der Waals surface area contributed by atoms with Gasteiger partial charge in [-0.1, -0.05) is 44.4 Å². The Morgan fingerprint density at radius 2 is 2.08 bits per heavy atom. The molecule has 0 aliphatic heterocycles. The third-order valence-electron chi connectivity index (χ3n) is 5.04. The summed E-state index contributed by atoms with van der Waals surface area (Å²) in [5.74, 6) is 1.35. The molecule has 6 nitrogen and oxygen atoms in total. The van der Waals surface area contributed by atoms with Crippen molar-refractivity contribution in [2.45, 2.75) is 46.0 Å². The largest absolute Gasteiger partial charge is 0.370 e. The average molecular weight is 359 g/mol. The Labute approximate surface area is 152 Å². The van der Waals surface area contributed by atoms with Gasteiger partial charge in [-0.3, -0.25) is 10.1 Å². The standard InChI is InChI=1S/C18H25N5OS/c1-18(2,14-6-4-3-5-7-14)11-20-15-9-8-13(10-19-15)16(24)22-17-23-21-12-25-17/h8-10,12,14H,3-7,11H2,1-2H3,(H,19,20)(H,22,23,24). The van der Waals surface area contributed by atoms with Crippen LogP contribution in [-0.4, -0.2) is 27.6 Å². The van der Waals surface area contributed by atoms with Crippen LogP contribution in [0.5, 0.6) is 0 Å². The Morgan fingerprint density at radius 1 is 1.28 bits per heavy atom. The zero-order valence-corrected chi connectivity index (χ0v) is 15.6. The van der Waals surface area contributed by atoms with Crippen molar-refractivity contribution in [3.63, 3.8) is 0 Å². The number of pyridine rings is 1. The first-order valence-corrected chi connectivity index (χ1v) is 9.70. The maximum absolute atomic E-state index is 12.1. The number of hydrogen-bond donors (Lipinski definition) is 2. The van der Waals surface area contributed by atoms with Crippen molar-refractivity contribution in [2.24, 2.45) is 11.3 Å². The molecule has 1 amide bonds. The fraction of sp³-hybridized carbons (Fsp3) is 0.556. The second-order valence-electron chi connectivity index (χ2n) is 7.31. The van der Waals surface area contributed by atoms with E-state index in [0.717, 1.165) is 18.3 Å². The van der Waals surface area contributed by atoms with Gasteiger partial charge in [-0.05, 0) is 36.3 Å². The van der Waals surface area contributed by atoms with Crippen molar-refractivity contribution in [3.8, 4) is 0 Å². The molecule has 2 aromatic heterocycles. The Morgan fingerprint density at radius 3 is 2.72 bits per heavy atom. The van der Waals surface area contributed by atoms with Crippen LogP contribution in [0.4, 0.5) is 10.9 Å². The lowest BCUT2D eigenvalue weighted by molar-refractivity contribution is 0.102. The molecule has 1 aliphatic rings. The molecule has 2 heterocycles. The number of carbonyl (C=O) groups excluding carboxylic acids is 1. The monoisotopic (exact) mass is 359 g/mol. The van der Waals surface area contributed by atoms with Gasteiger partial charge in [0.25, 0.3) is 5.91 Å². The highest BCUT2D eigenvalue weighted by Crippen LogP contribution is 2.38. The molecule has 1 aliphatic carbocycles. The molecule has 2 N–H and O–H groups in total. The van der Waals surface area contributed by atoms with E-state index in [1.807, 2.05) is 6.07 Å². The zero-order valence-electron chi connectivity index (χ0n) is 14.8. The molecular formula is C18H25N5OS. The number of nitrogens with one attached hydrogen (secondary N) is 2. The molecule has 0 atom stereocenters. The maximum atomic E-state index is 12.1. The molecular weight excluding hydrogens is 334 g/mol. The van der Waals surface area contributed by atoms with Gasteiger partial charge in [0.15, 0.2) is 0 Å². The molecule has 134 valence electrons. The summed E-state index contributed by atoms with van der Waals surface area (Å²) in [6, 6.07) is 3.63. The van der Waals surface area contributed by atoms with E-state index in [0.29, 0.717) is 10.7 Å². The summed E-state index contributed by atoms with van der Waals surface area (Å²) < 4.78 is 0. The van der Waals surface area contributed by atoms with Gasteiger partial charge in [-0.25, -0.2) is 4.98 Å². The molecule has 0 unspecified atom stereocenters. The molecule has 25 heavy (non-hydrogen) atoms. The van der Waals surface area contributed by atoms with Gasteiger partial charge in [0.2, 0.25) is 5.13 Å². The van der Waals surface area contributed by atoms with Gasteiger partial charge < -0.3 is 5.32 Å². The minimum absolute atomic E-state index is 0.224. The molecule has 0 aromatic carbocycles. The van der Waals surface area contributed by atoms with Gasteiger partial charge in [0.1, 0.15) is 11.3 Å². The minimum Gasteiger partial charge on any atom is -0.370 e. The van der Waals surface area contributed by atoms with Crippen LogP contribution in [0.1, 0.15) is 56.3 Å². The highest BCUT2D eigenvalue weighted by atomic mass is 32.1. The highest BCUT2D eigenvalue weighted by Gasteiger charge is 2.30. The van der Waals surface area contributed by atoms with Gasteiger partial charge in [-0.15, -0.1) is 10.2 Å². The smallest absolute Gasteiger partial charge is 0.259 e. The third-order valence-corrected chi connectivity index (χ3v) is 5.65. The predicted octanol–water partition coefficient (Wildman–Crippen LogP) is 4.20. The van der Waals surface area contributed by atoms with E-state index in [1.54, 1.807) is 17.8 Å². The Kier molecular flexibility index (Phi) is 5.63. The first-order valence-electron chi connectivity index (χ1n) is 8.82. The Balaban J connectivity index is 1.54. The summed E-state index contributed by atoms with van der Waals surface area (Å²) in [5.41, 5.74) is 2.33. The van der Waals surface area contributed by atoms with Crippen LogP contribution in [0.25, 0.3) is 0 Å². The molecule has 3 rings (SSSR count). The number of nitrogens with zero attached hydrogens (tertiary/aromatic N) is 3. The SMILES string of the molecule is CC(C)(CNc1ccc(C(=O)Nc2nncs2)cn1)C1CCCCC1. The fourth-order valence-electron chi connectivity index (χ4n) is 3.38. The minimum atomic E-state index is -0.224. The molecule has 0 spiro atoms. The first-order chi connectivity index (χ1) is 12.0. The van der Waals surface area contributed by atoms with Crippen LogP contribution in [0.15, 0.2) is 23.8 Å². The summed E-state index contributed by atoms with van der Waals surface area (Å²) in [5, 5.41) is 14.1. The molecule has 7 heteroatoms. The number of carbonyl (C=O) groups is 1. The molecule has 1 fully saturated rings. The molecule has 0 radical (unpaired) electrons. The number of anilines is 2. The van der Waals surface area contributed by atoms with Crippen molar-refractivity contribution in [2.75, 3.05) is 17.2 Å². The van der Waals surface area contributed by atoms with Crippen molar-refractivity contribution in [1.29, 1.82) is 0 Å². The molecule has 0 bridgehead atoms. The van der Waals surface area contributed by atoms with E-state index < -0.39 is 0 Å². The topological polar surface area (TPSA) is 79.8 Å². The number of amides is 1. The quantitative estimate of drug-likeness (QED) is 0.808. The van der Waals surface area contributed by atoms with E-state index in [2.05, 4.69) is 39.7 Å². The summed E-state index contributed by atoms with van der Waals surface area (Å²) in [6.45, 7) is 5.56. The van der Waals surface area contributed by atoms with Crippen LogP contribution in [0.3, 0.4) is 0 Å². The van der Waals surface area contributed by atoms with E-state index in [1.165, 1.54) is 43.4 Å². The van der Waals surface area contributed by atoms with Gasteiger partial charge in [0.05, 0.1) is 5.56 Å². The van der Waals surface area contributed by atoms with Crippen LogP contribution in [0.2, 0.25) is 0 Å². The van der Waals surface area contributed by atoms with Crippen LogP contribution in [0, 0.1) is 11.3 Å². The summed E-state index contributed by atoms with van der Waals surface area (Å²) in [4.78, 5) is 16.5. The summed E-state index contributed by atoms with van der Waals surface area (Å²) >= 11 is 1.29. The van der Waals surface area contributed by atoms with E-state index in [4.69, 9.17) is 0 Å².